The lowest BCUT2D eigenvalue weighted by atomic mass is 10.2. The van der Waals surface area contributed by atoms with Crippen LogP contribution in [0, 0.1) is 10.1 Å². The topological polar surface area (TPSA) is 143 Å². The smallest absolute Gasteiger partial charge is 0.347 e. The summed E-state index contributed by atoms with van der Waals surface area (Å²) in [6, 6.07) is 12.9. The van der Waals surface area contributed by atoms with Gasteiger partial charge in [0.05, 0.1) is 46.1 Å². The Hall–Kier alpha value is -2.58. The van der Waals surface area contributed by atoms with Crippen LogP contribution in [0.15, 0.2) is 48.5 Å². The molecule has 0 saturated carbocycles. The number of morpholine rings is 2. The number of para-hydroxylation sites is 1. The van der Waals surface area contributed by atoms with E-state index in [-0.39, 0.29) is 30.8 Å². The molecule has 2 saturated heterocycles. The van der Waals surface area contributed by atoms with E-state index in [0.29, 0.717) is 32.1 Å². The second-order valence-corrected chi connectivity index (χ2v) is 14.6. The van der Waals surface area contributed by atoms with Crippen LogP contribution in [-0.2, 0) is 43.2 Å². The Labute approximate surface area is 242 Å². The van der Waals surface area contributed by atoms with Crippen LogP contribution in [0.25, 0.3) is 0 Å². The van der Waals surface area contributed by atoms with Gasteiger partial charge < -0.3 is 41.4 Å². The van der Waals surface area contributed by atoms with Crippen molar-refractivity contribution in [3.05, 3.63) is 64.2 Å². The number of carbonyl (C=O) groups is 2. The van der Waals surface area contributed by atoms with Gasteiger partial charge >= 0.3 is 11.9 Å². The number of quaternary nitrogens is 1. The highest BCUT2D eigenvalue weighted by Crippen LogP contribution is 2.46. The van der Waals surface area contributed by atoms with Crippen molar-refractivity contribution in [3.63, 3.8) is 0 Å². The van der Waals surface area contributed by atoms with Crippen LogP contribution in [-0.4, -0.2) is 80.9 Å². The van der Waals surface area contributed by atoms with Gasteiger partial charge in [0.1, 0.15) is 17.1 Å². The molecule has 15 heteroatoms. The summed E-state index contributed by atoms with van der Waals surface area (Å²) in [5.74, 6) is -1.05. The Bertz CT molecular complexity index is 1160. The monoisotopic (exact) mass is 613 g/mol. The maximum absolute atomic E-state index is 12.7. The molecule has 2 aliphatic heterocycles. The Kier molecular flexibility index (Phi) is 13.3. The normalized spacial score (nSPS) is 16.9. The molecule has 0 radical (unpaired) electrons. The zero-order chi connectivity index (χ0) is 28.8. The van der Waals surface area contributed by atoms with Gasteiger partial charge in [-0.15, -0.1) is 21.9 Å². The van der Waals surface area contributed by atoms with Gasteiger partial charge in [-0.2, -0.15) is 0 Å². The molecule has 40 heavy (non-hydrogen) atoms. The number of carbonyl (C=O) groups excluding carboxylic acids is 2. The van der Waals surface area contributed by atoms with Gasteiger partial charge in [0, 0.05) is 19.5 Å². The Morgan fingerprint density at radius 3 is 2.27 bits per heavy atom. The molecule has 2 aromatic rings. The van der Waals surface area contributed by atoms with Gasteiger partial charge in [0.15, 0.2) is 0 Å². The van der Waals surface area contributed by atoms with Crippen LogP contribution in [0.4, 0.5) is 0 Å². The second-order valence-electron chi connectivity index (χ2n) is 8.58. The minimum atomic E-state index is -2.35. The van der Waals surface area contributed by atoms with Crippen molar-refractivity contribution in [2.45, 2.75) is 12.8 Å². The first-order valence-electron chi connectivity index (χ1n) is 12.7. The largest absolute Gasteiger partial charge is 0.727 e. The highest BCUT2D eigenvalue weighted by Gasteiger charge is 2.20. The summed E-state index contributed by atoms with van der Waals surface area (Å²) >= 11 is 11.5. The van der Waals surface area contributed by atoms with Gasteiger partial charge in [-0.25, -0.2) is 4.79 Å². The fourth-order valence-electron chi connectivity index (χ4n) is 3.68. The average Bonchev–Trinajstić information content (AvgIpc) is 2.97. The summed E-state index contributed by atoms with van der Waals surface area (Å²) in [7, 11) is 0. The molecule has 1 atom stereocenters. The first-order chi connectivity index (χ1) is 19.3. The van der Waals surface area contributed by atoms with E-state index in [2.05, 4.69) is 14.8 Å². The third-order valence-corrected chi connectivity index (χ3v) is 10.5. The van der Waals surface area contributed by atoms with Gasteiger partial charge in [0.2, 0.25) is 0 Å². The maximum Gasteiger partial charge on any atom is 0.347 e. The summed E-state index contributed by atoms with van der Waals surface area (Å²) in [6.45, 7) is 6.54. The van der Waals surface area contributed by atoms with Crippen LogP contribution >= 0.6 is 5.39 Å². The Morgan fingerprint density at radius 1 is 1.02 bits per heavy atom. The van der Waals surface area contributed by atoms with Gasteiger partial charge in [-0.05, 0) is 36.0 Å². The molecular formula is C25H32N3O9PS2. The van der Waals surface area contributed by atoms with E-state index in [1.807, 2.05) is 0 Å². The van der Waals surface area contributed by atoms with Crippen molar-refractivity contribution in [2.75, 3.05) is 59.2 Å². The van der Waals surface area contributed by atoms with Crippen molar-refractivity contribution in [3.8, 4) is 11.5 Å². The predicted molar refractivity (Wildman–Crippen MR) is 152 cm³/mol. The number of nitrogens with two attached hydrogens (primary N) is 1. The first-order valence-corrected chi connectivity index (χ1v) is 16.5. The standard InChI is InChI=1S/C21H23N2O8PS2.C4H9NO/c24-20(6-3-13-29-23(26)27)31-19-5-2-1-4-18(19)21(25)30-16-7-9-17(10-8-16)32(33,34)22-11-14-28-15-12-22;1-3-6-4-2-5-1/h1-2,4-5,7-10H,3,6,11-15H2,(H,33,34);5H,1-4H2. The number of hydrogen-bond donors (Lipinski definition) is 1. The molecule has 2 heterocycles. The quantitative estimate of drug-likeness (QED) is 0.0782. The summed E-state index contributed by atoms with van der Waals surface area (Å²) in [5, 5.41) is 9.96. The zero-order valence-corrected chi connectivity index (χ0v) is 24.3. The fraction of sp³-hybridized carbons (Fsp3) is 0.440. The van der Waals surface area contributed by atoms with Crippen molar-refractivity contribution < 1.29 is 43.8 Å². The molecule has 12 nitrogen and oxygen atoms in total. The molecule has 2 N–H and O–H groups in total. The molecule has 0 bridgehead atoms. The molecular weight excluding hydrogens is 581 g/mol. The summed E-state index contributed by atoms with van der Waals surface area (Å²) in [6.07, 6.45) is -0.0199. The highest BCUT2D eigenvalue weighted by atomic mass is 32.9. The fourth-order valence-corrected chi connectivity index (χ4v) is 6.93. The molecule has 0 spiro atoms. The maximum atomic E-state index is 12.7. The van der Waals surface area contributed by atoms with Crippen LogP contribution in [0.3, 0.4) is 0 Å². The minimum absolute atomic E-state index is 0.0256. The number of nitrogens with zero attached hydrogens (tertiary/aromatic N) is 2. The lowest BCUT2D eigenvalue weighted by Crippen LogP contribution is -2.87. The number of rotatable bonds is 10. The lowest BCUT2D eigenvalue weighted by Gasteiger charge is -2.43. The van der Waals surface area contributed by atoms with E-state index < -0.39 is 22.4 Å². The summed E-state index contributed by atoms with van der Waals surface area (Å²) in [4.78, 5) is 39.0. The summed E-state index contributed by atoms with van der Waals surface area (Å²) < 4.78 is 23.2. The molecule has 0 aliphatic carbocycles. The van der Waals surface area contributed by atoms with Crippen LogP contribution < -0.4 is 20.1 Å². The average molecular weight is 614 g/mol. The highest BCUT2D eigenvalue weighted by molar-refractivity contribution is 8.56. The number of esters is 2. The number of hydrogen-bond acceptors (Lipinski definition) is 11. The van der Waals surface area contributed by atoms with Gasteiger partial charge in [-0.1, -0.05) is 29.7 Å². The number of ether oxygens (including phenoxy) is 4. The second kappa shape index (κ2) is 16.6. The number of benzene rings is 2. The van der Waals surface area contributed by atoms with Crippen molar-refractivity contribution in [1.29, 1.82) is 0 Å². The van der Waals surface area contributed by atoms with Crippen LogP contribution in [0.5, 0.6) is 11.5 Å². The van der Waals surface area contributed by atoms with E-state index in [0.717, 1.165) is 31.6 Å². The van der Waals surface area contributed by atoms with Gasteiger partial charge in [0.25, 0.3) is 5.09 Å². The third kappa shape index (κ3) is 10.4. The zero-order valence-electron chi connectivity index (χ0n) is 21.8. The molecule has 2 aliphatic rings. The molecule has 0 amide bonds. The molecule has 2 fully saturated rings. The van der Waals surface area contributed by atoms with Crippen molar-refractivity contribution >= 4 is 46.7 Å². The van der Waals surface area contributed by atoms with Crippen molar-refractivity contribution in [1.82, 2.24) is 4.67 Å². The van der Waals surface area contributed by atoms with Crippen LogP contribution in [0.2, 0.25) is 0 Å². The molecule has 4 rings (SSSR count). The molecule has 0 aromatic heterocycles. The van der Waals surface area contributed by atoms with E-state index in [4.69, 9.17) is 43.0 Å². The van der Waals surface area contributed by atoms with Crippen LogP contribution in [0.1, 0.15) is 23.2 Å². The minimum Gasteiger partial charge on any atom is -0.727 e. The SMILES string of the molecule is C1COCC[NH2+]1.O=C(CCCO[N+](=O)[O-])Oc1ccccc1C(=O)Oc1ccc(P(=S)([S-])N2CCOCC2)cc1. The molecule has 218 valence electrons. The molecule has 2 aromatic carbocycles. The third-order valence-electron chi connectivity index (χ3n) is 5.72. The van der Waals surface area contributed by atoms with E-state index >= 15 is 0 Å². The first kappa shape index (κ1) is 31.9. The van der Waals surface area contributed by atoms with Crippen molar-refractivity contribution in [2.24, 2.45) is 0 Å². The van der Waals surface area contributed by atoms with E-state index in [1.165, 1.54) is 12.1 Å². The predicted octanol–water partition coefficient (Wildman–Crippen LogP) is 1.19. The summed E-state index contributed by atoms with van der Waals surface area (Å²) in [5.41, 5.74) is 0.0585. The van der Waals surface area contributed by atoms with E-state index in [9.17, 15) is 19.7 Å². The van der Waals surface area contributed by atoms with E-state index in [1.54, 1.807) is 36.4 Å². The van der Waals surface area contributed by atoms with Gasteiger partial charge in [-0.3, -0.25) is 9.46 Å². The molecule has 1 unspecified atom stereocenters. The Morgan fingerprint density at radius 2 is 1.68 bits per heavy atom. The Balaban J connectivity index is 0.000000649. The lowest BCUT2D eigenvalue weighted by molar-refractivity contribution is -0.757.